The van der Waals surface area contributed by atoms with Crippen LogP contribution in [0.2, 0.25) is 0 Å². The van der Waals surface area contributed by atoms with Crippen molar-refractivity contribution >= 4 is 21.6 Å². The number of hydrogen-bond donors (Lipinski definition) is 1. The smallest absolute Gasteiger partial charge is 0.254 e. The molecule has 0 atom stereocenters. The van der Waals surface area contributed by atoms with E-state index >= 15 is 0 Å². The van der Waals surface area contributed by atoms with Crippen molar-refractivity contribution < 1.29 is 13.2 Å². The first-order valence-electron chi connectivity index (χ1n) is 7.90. The van der Waals surface area contributed by atoms with Crippen LogP contribution in [0, 0.1) is 6.92 Å². The van der Waals surface area contributed by atoms with Crippen LogP contribution < -0.4 is 5.32 Å². The van der Waals surface area contributed by atoms with Crippen molar-refractivity contribution in [1.29, 1.82) is 0 Å². The fourth-order valence-corrected chi connectivity index (χ4v) is 4.24. The monoisotopic (exact) mass is 354 g/mol. The molecule has 24 heavy (non-hydrogen) atoms. The van der Waals surface area contributed by atoms with E-state index in [2.05, 4.69) is 20.4 Å². The first-order valence-corrected chi connectivity index (χ1v) is 9.51. The van der Waals surface area contributed by atoms with Gasteiger partial charge in [0.1, 0.15) is 12.1 Å². The van der Waals surface area contributed by atoms with E-state index in [1.54, 1.807) is 8.82 Å². The topological polar surface area (TPSA) is 102 Å². The molecule has 1 N–H and O–H groups in total. The van der Waals surface area contributed by atoms with Gasteiger partial charge in [0, 0.05) is 38.0 Å². The Morgan fingerprint density at radius 1 is 1.38 bits per heavy atom. The van der Waals surface area contributed by atoms with E-state index in [4.69, 9.17) is 4.74 Å². The molecule has 10 heteroatoms. The first-order chi connectivity index (χ1) is 11.5. The van der Waals surface area contributed by atoms with E-state index < -0.39 is 10.0 Å². The summed E-state index contributed by atoms with van der Waals surface area (Å²) in [5.74, 6) is 1.41. The highest BCUT2D eigenvalue weighted by Gasteiger charge is 2.28. The van der Waals surface area contributed by atoms with Crippen LogP contribution in [0.5, 0.6) is 0 Å². The average molecular weight is 354 g/mol. The highest BCUT2D eigenvalue weighted by molar-refractivity contribution is 7.89. The lowest BCUT2D eigenvalue weighted by Crippen LogP contribution is -2.43. The van der Waals surface area contributed by atoms with Crippen LogP contribution in [0.25, 0.3) is 5.78 Å². The minimum absolute atomic E-state index is 0.0325. The summed E-state index contributed by atoms with van der Waals surface area (Å²) < 4.78 is 32.5. The highest BCUT2D eigenvalue weighted by Crippen LogP contribution is 2.19. The standard InChI is InChI=1S/C14H22N6O3S/c1-11-9-13(20-14(17-11)15-10-16-20)18-12-3-5-19(6-4-12)24(21,22)8-7-23-2/h9-10,12,18H,3-8H2,1-2H3. The number of methoxy groups -OCH3 is 1. The highest BCUT2D eigenvalue weighted by atomic mass is 32.2. The Labute approximate surface area is 141 Å². The van der Waals surface area contributed by atoms with Gasteiger partial charge in [-0.1, -0.05) is 0 Å². The molecule has 0 saturated carbocycles. The van der Waals surface area contributed by atoms with Crippen molar-refractivity contribution in [2.24, 2.45) is 0 Å². The summed E-state index contributed by atoms with van der Waals surface area (Å²) in [5.41, 5.74) is 0.859. The van der Waals surface area contributed by atoms with E-state index in [-0.39, 0.29) is 18.4 Å². The molecule has 0 amide bonds. The van der Waals surface area contributed by atoms with Gasteiger partial charge in [-0.3, -0.25) is 0 Å². The van der Waals surface area contributed by atoms with Crippen molar-refractivity contribution in [2.45, 2.75) is 25.8 Å². The third-order valence-electron chi connectivity index (χ3n) is 4.12. The number of sulfonamides is 1. The summed E-state index contributed by atoms with van der Waals surface area (Å²) >= 11 is 0. The van der Waals surface area contributed by atoms with E-state index in [1.807, 2.05) is 13.0 Å². The zero-order valence-corrected chi connectivity index (χ0v) is 14.7. The summed E-state index contributed by atoms with van der Waals surface area (Å²) in [6.45, 7) is 3.15. The molecule has 3 rings (SSSR count). The molecule has 3 heterocycles. The number of ether oxygens (including phenoxy) is 1. The zero-order chi connectivity index (χ0) is 17.2. The van der Waals surface area contributed by atoms with Gasteiger partial charge in [0.2, 0.25) is 10.0 Å². The normalized spacial score (nSPS) is 17.4. The van der Waals surface area contributed by atoms with Crippen LogP contribution in [-0.4, -0.2) is 70.9 Å². The van der Waals surface area contributed by atoms with Gasteiger partial charge >= 0.3 is 0 Å². The molecular formula is C14H22N6O3S. The lowest BCUT2D eigenvalue weighted by Gasteiger charge is -2.32. The van der Waals surface area contributed by atoms with Crippen LogP contribution in [0.1, 0.15) is 18.5 Å². The average Bonchev–Trinajstić information content (AvgIpc) is 3.02. The summed E-state index contributed by atoms with van der Waals surface area (Å²) in [5, 5.41) is 7.61. The Morgan fingerprint density at radius 2 is 2.12 bits per heavy atom. The SMILES string of the molecule is COCCS(=O)(=O)N1CCC(Nc2cc(C)nc3ncnn23)CC1. The van der Waals surface area contributed by atoms with E-state index in [0.717, 1.165) is 24.4 Å². The summed E-state index contributed by atoms with van der Waals surface area (Å²) in [7, 11) is -1.72. The molecule has 1 saturated heterocycles. The lowest BCUT2D eigenvalue weighted by atomic mass is 10.1. The molecule has 1 fully saturated rings. The number of rotatable bonds is 6. The van der Waals surface area contributed by atoms with Crippen LogP contribution in [0.15, 0.2) is 12.4 Å². The fraction of sp³-hybridized carbons (Fsp3) is 0.643. The Bertz CT molecular complexity index is 798. The minimum atomic E-state index is -3.23. The maximum absolute atomic E-state index is 12.2. The third-order valence-corrected chi connectivity index (χ3v) is 5.96. The van der Waals surface area contributed by atoms with Gasteiger partial charge in [-0.2, -0.15) is 14.6 Å². The van der Waals surface area contributed by atoms with Crippen LogP contribution >= 0.6 is 0 Å². The number of aryl methyl sites for hydroxylation is 1. The van der Waals surface area contributed by atoms with E-state index in [1.165, 1.54) is 13.4 Å². The maximum Gasteiger partial charge on any atom is 0.254 e. The molecule has 0 unspecified atom stereocenters. The quantitative estimate of drug-likeness (QED) is 0.795. The second-order valence-electron chi connectivity index (χ2n) is 5.88. The minimum Gasteiger partial charge on any atom is -0.384 e. The molecule has 1 aliphatic rings. The second-order valence-corrected chi connectivity index (χ2v) is 7.97. The van der Waals surface area contributed by atoms with Gasteiger partial charge in [0.05, 0.1) is 12.4 Å². The number of nitrogens with zero attached hydrogens (tertiary/aromatic N) is 5. The molecule has 2 aromatic heterocycles. The molecule has 1 aliphatic heterocycles. The van der Waals surface area contributed by atoms with Crippen molar-refractivity contribution in [3.8, 4) is 0 Å². The predicted molar refractivity (Wildman–Crippen MR) is 89.4 cm³/mol. The Hall–Kier alpha value is -1.78. The predicted octanol–water partition coefficient (Wildman–Crippen LogP) is 0.285. The molecule has 2 aromatic rings. The van der Waals surface area contributed by atoms with Gasteiger partial charge in [-0.25, -0.2) is 17.7 Å². The molecule has 0 radical (unpaired) electrons. The summed E-state index contributed by atoms with van der Waals surface area (Å²) in [6, 6.07) is 2.11. The van der Waals surface area contributed by atoms with E-state index in [9.17, 15) is 8.42 Å². The Balaban J connectivity index is 1.64. The lowest BCUT2D eigenvalue weighted by molar-refractivity contribution is 0.214. The third kappa shape index (κ3) is 3.65. The zero-order valence-electron chi connectivity index (χ0n) is 13.8. The molecule has 132 valence electrons. The van der Waals surface area contributed by atoms with Gasteiger partial charge in [-0.05, 0) is 19.8 Å². The van der Waals surface area contributed by atoms with Crippen LogP contribution in [0.4, 0.5) is 5.82 Å². The molecule has 0 spiro atoms. The largest absolute Gasteiger partial charge is 0.384 e. The number of aromatic nitrogens is 4. The number of anilines is 1. The summed E-state index contributed by atoms with van der Waals surface area (Å²) in [6.07, 6.45) is 2.95. The van der Waals surface area contributed by atoms with Crippen LogP contribution in [-0.2, 0) is 14.8 Å². The maximum atomic E-state index is 12.2. The molecule has 0 aromatic carbocycles. The van der Waals surface area contributed by atoms with Gasteiger partial charge in [-0.15, -0.1) is 0 Å². The summed E-state index contributed by atoms with van der Waals surface area (Å²) in [4.78, 5) is 8.42. The second kappa shape index (κ2) is 6.99. The number of piperidine rings is 1. The fourth-order valence-electron chi connectivity index (χ4n) is 2.84. The molecule has 0 aliphatic carbocycles. The Kier molecular flexibility index (Phi) is 4.97. The van der Waals surface area contributed by atoms with Gasteiger partial charge in [0.25, 0.3) is 5.78 Å². The number of nitrogens with one attached hydrogen (secondary N) is 1. The Morgan fingerprint density at radius 3 is 2.83 bits per heavy atom. The first kappa shape index (κ1) is 17.1. The van der Waals surface area contributed by atoms with E-state index in [0.29, 0.717) is 18.9 Å². The number of fused-ring (bicyclic) bond motifs is 1. The number of hydrogen-bond acceptors (Lipinski definition) is 7. The molecule has 9 nitrogen and oxygen atoms in total. The van der Waals surface area contributed by atoms with Gasteiger partial charge < -0.3 is 10.1 Å². The molecule has 0 bridgehead atoms. The van der Waals surface area contributed by atoms with Gasteiger partial charge in [0.15, 0.2) is 0 Å². The van der Waals surface area contributed by atoms with Crippen molar-refractivity contribution in [3.63, 3.8) is 0 Å². The van der Waals surface area contributed by atoms with Crippen molar-refractivity contribution in [1.82, 2.24) is 23.9 Å². The van der Waals surface area contributed by atoms with Crippen LogP contribution in [0.3, 0.4) is 0 Å². The van der Waals surface area contributed by atoms with Crippen molar-refractivity contribution in [3.05, 3.63) is 18.1 Å². The van der Waals surface area contributed by atoms with Crippen molar-refractivity contribution in [2.75, 3.05) is 37.9 Å². The molecular weight excluding hydrogens is 332 g/mol.